The summed E-state index contributed by atoms with van der Waals surface area (Å²) in [6, 6.07) is 7.68. The van der Waals surface area contributed by atoms with E-state index in [2.05, 4.69) is 15.3 Å². The number of aryl methyl sites for hydroxylation is 2. The lowest BCUT2D eigenvalue weighted by atomic mass is 10.1. The van der Waals surface area contributed by atoms with E-state index in [1.54, 1.807) is 6.92 Å². The first kappa shape index (κ1) is 16.8. The second-order valence-corrected chi connectivity index (χ2v) is 6.01. The number of H-pyrrole nitrogens is 1. The number of hydrogen-bond acceptors (Lipinski definition) is 5. The molecule has 0 aliphatic carbocycles. The van der Waals surface area contributed by atoms with Crippen LogP contribution in [0.25, 0.3) is 0 Å². The van der Waals surface area contributed by atoms with E-state index in [4.69, 9.17) is 5.26 Å². The number of anilines is 1. The highest BCUT2D eigenvalue weighted by Gasteiger charge is 2.13. The second-order valence-electron chi connectivity index (χ2n) is 5.04. The van der Waals surface area contributed by atoms with Gasteiger partial charge in [0, 0.05) is 11.4 Å². The minimum absolute atomic E-state index is 0.0674. The molecule has 0 radical (unpaired) electrons. The Labute approximate surface area is 138 Å². The Morgan fingerprint density at radius 1 is 1.39 bits per heavy atom. The molecular formula is C16H16N4O2S. The first-order chi connectivity index (χ1) is 10.9. The molecule has 0 saturated carbocycles. The van der Waals surface area contributed by atoms with Crippen LogP contribution in [0, 0.1) is 32.1 Å². The number of nitrogens with one attached hydrogen (secondary N) is 2. The summed E-state index contributed by atoms with van der Waals surface area (Å²) in [7, 11) is 0. The molecule has 7 heteroatoms. The lowest BCUT2D eigenvalue weighted by molar-refractivity contribution is -0.113. The monoisotopic (exact) mass is 328 g/mol. The van der Waals surface area contributed by atoms with Crippen LogP contribution < -0.4 is 11.0 Å². The summed E-state index contributed by atoms with van der Waals surface area (Å²) < 4.78 is 0. The van der Waals surface area contributed by atoms with Gasteiger partial charge in [-0.25, -0.2) is 4.79 Å². The van der Waals surface area contributed by atoms with E-state index in [1.807, 2.05) is 38.1 Å². The van der Waals surface area contributed by atoms with Crippen molar-refractivity contribution in [3.63, 3.8) is 0 Å². The molecule has 1 amide bonds. The second kappa shape index (κ2) is 7.11. The molecular weight excluding hydrogens is 312 g/mol. The number of hydrogen-bond donors (Lipinski definition) is 2. The van der Waals surface area contributed by atoms with Gasteiger partial charge in [-0.15, -0.1) is 0 Å². The minimum Gasteiger partial charge on any atom is -0.325 e. The molecule has 0 fully saturated rings. The number of aromatic nitrogens is 2. The number of rotatable bonds is 4. The van der Waals surface area contributed by atoms with Gasteiger partial charge in [-0.1, -0.05) is 23.9 Å². The number of nitrogens with zero attached hydrogens (tertiary/aromatic N) is 2. The maximum absolute atomic E-state index is 12.1. The molecule has 0 bridgehead atoms. The summed E-state index contributed by atoms with van der Waals surface area (Å²) in [6.45, 7) is 5.54. The third kappa shape index (κ3) is 3.99. The molecule has 0 aliphatic rings. The van der Waals surface area contributed by atoms with Crippen LogP contribution in [-0.4, -0.2) is 21.6 Å². The highest BCUT2D eigenvalue weighted by Crippen LogP contribution is 2.21. The summed E-state index contributed by atoms with van der Waals surface area (Å²) in [5.74, 6) is -0.148. The van der Waals surface area contributed by atoms with Crippen molar-refractivity contribution in [2.24, 2.45) is 0 Å². The van der Waals surface area contributed by atoms with Crippen LogP contribution in [-0.2, 0) is 4.79 Å². The fourth-order valence-corrected chi connectivity index (χ4v) is 2.83. The van der Waals surface area contributed by atoms with Gasteiger partial charge >= 0.3 is 5.69 Å². The van der Waals surface area contributed by atoms with Crippen molar-refractivity contribution >= 4 is 23.4 Å². The number of carbonyl (C=O) groups excluding carboxylic acids is 1. The maximum Gasteiger partial charge on any atom is 0.346 e. The molecule has 1 aromatic heterocycles. The third-order valence-electron chi connectivity index (χ3n) is 3.42. The van der Waals surface area contributed by atoms with Crippen molar-refractivity contribution in [3.8, 4) is 6.07 Å². The number of thioether (sulfide) groups is 1. The Morgan fingerprint density at radius 3 is 2.83 bits per heavy atom. The van der Waals surface area contributed by atoms with Gasteiger partial charge in [-0.2, -0.15) is 10.2 Å². The number of nitriles is 1. The van der Waals surface area contributed by atoms with E-state index in [0.717, 1.165) is 28.6 Å². The van der Waals surface area contributed by atoms with Gasteiger partial charge in [-0.05, 0) is 38.0 Å². The van der Waals surface area contributed by atoms with Gasteiger partial charge in [0.25, 0.3) is 0 Å². The molecule has 0 saturated heterocycles. The predicted molar refractivity (Wildman–Crippen MR) is 89.6 cm³/mol. The Morgan fingerprint density at radius 2 is 2.13 bits per heavy atom. The average Bonchev–Trinajstić information content (AvgIpc) is 2.49. The zero-order chi connectivity index (χ0) is 17.0. The van der Waals surface area contributed by atoms with E-state index in [1.165, 1.54) is 0 Å². The van der Waals surface area contributed by atoms with Crippen molar-refractivity contribution in [2.45, 2.75) is 25.8 Å². The van der Waals surface area contributed by atoms with Gasteiger partial charge in [-0.3, -0.25) is 4.79 Å². The Kier molecular flexibility index (Phi) is 5.19. The van der Waals surface area contributed by atoms with Crippen LogP contribution >= 0.6 is 11.8 Å². The standard InChI is InChI=1S/C16H16N4O2S/c1-9-5-4-6-13(10(9)2)19-14(21)8-23-15-12(7-17)11(3)18-16(22)20-15/h4-6H,8H2,1-3H3,(H,19,21)(H,18,20,22). The van der Waals surface area contributed by atoms with Crippen molar-refractivity contribution in [1.29, 1.82) is 5.26 Å². The van der Waals surface area contributed by atoms with Crippen molar-refractivity contribution in [3.05, 3.63) is 51.1 Å². The number of carbonyl (C=O) groups is 1. The number of aromatic amines is 1. The van der Waals surface area contributed by atoms with Gasteiger partial charge in [0.05, 0.1) is 5.75 Å². The Bertz CT molecular complexity index is 852. The van der Waals surface area contributed by atoms with E-state index < -0.39 is 5.69 Å². The average molecular weight is 328 g/mol. The quantitative estimate of drug-likeness (QED) is 0.663. The lowest BCUT2D eigenvalue weighted by Gasteiger charge is -2.10. The first-order valence-corrected chi connectivity index (χ1v) is 7.91. The first-order valence-electron chi connectivity index (χ1n) is 6.92. The summed E-state index contributed by atoms with van der Waals surface area (Å²) >= 11 is 1.07. The molecule has 23 heavy (non-hydrogen) atoms. The molecule has 6 nitrogen and oxygen atoms in total. The predicted octanol–water partition coefficient (Wildman–Crippen LogP) is 2.30. The smallest absolute Gasteiger partial charge is 0.325 e. The van der Waals surface area contributed by atoms with Crippen LogP contribution in [0.2, 0.25) is 0 Å². The van der Waals surface area contributed by atoms with Crippen LogP contribution in [0.5, 0.6) is 0 Å². The normalized spacial score (nSPS) is 10.2. The summed E-state index contributed by atoms with van der Waals surface area (Å²) in [6.07, 6.45) is 0. The van der Waals surface area contributed by atoms with Crippen molar-refractivity contribution < 1.29 is 4.79 Å². The summed E-state index contributed by atoms with van der Waals surface area (Å²) in [5.41, 5.74) is 3.06. The highest BCUT2D eigenvalue weighted by atomic mass is 32.2. The van der Waals surface area contributed by atoms with E-state index in [0.29, 0.717) is 5.69 Å². The molecule has 2 N–H and O–H groups in total. The Hall–Kier alpha value is -2.59. The third-order valence-corrected chi connectivity index (χ3v) is 4.39. The zero-order valence-corrected chi connectivity index (χ0v) is 13.9. The molecule has 1 heterocycles. The van der Waals surface area contributed by atoms with Crippen LogP contribution in [0.1, 0.15) is 22.4 Å². The molecule has 0 unspecified atom stereocenters. The van der Waals surface area contributed by atoms with Gasteiger partial charge in [0.1, 0.15) is 16.7 Å². The molecule has 0 atom stereocenters. The van der Waals surface area contributed by atoms with E-state index in [9.17, 15) is 9.59 Å². The molecule has 2 aromatic rings. The van der Waals surface area contributed by atoms with Gasteiger partial charge < -0.3 is 10.3 Å². The molecule has 118 valence electrons. The van der Waals surface area contributed by atoms with Crippen molar-refractivity contribution in [1.82, 2.24) is 9.97 Å². The van der Waals surface area contributed by atoms with Gasteiger partial charge in [0.2, 0.25) is 5.91 Å². The fourth-order valence-electron chi connectivity index (χ4n) is 2.00. The summed E-state index contributed by atoms with van der Waals surface area (Å²) in [5, 5.41) is 12.2. The SMILES string of the molecule is Cc1cccc(NC(=O)CSc2nc(=O)[nH]c(C)c2C#N)c1C. The minimum atomic E-state index is -0.529. The lowest BCUT2D eigenvalue weighted by Crippen LogP contribution is -2.18. The maximum atomic E-state index is 12.1. The fraction of sp³-hybridized carbons (Fsp3) is 0.250. The van der Waals surface area contributed by atoms with E-state index in [-0.39, 0.29) is 22.2 Å². The topological polar surface area (TPSA) is 98.6 Å². The van der Waals surface area contributed by atoms with Crippen LogP contribution in [0.15, 0.2) is 28.0 Å². The molecule has 1 aromatic carbocycles. The van der Waals surface area contributed by atoms with Crippen molar-refractivity contribution in [2.75, 3.05) is 11.1 Å². The highest BCUT2D eigenvalue weighted by molar-refractivity contribution is 8.00. The largest absolute Gasteiger partial charge is 0.346 e. The van der Waals surface area contributed by atoms with Gasteiger partial charge in [0.15, 0.2) is 0 Å². The summed E-state index contributed by atoms with van der Waals surface area (Å²) in [4.78, 5) is 29.7. The van der Waals surface area contributed by atoms with Crippen LogP contribution in [0.4, 0.5) is 5.69 Å². The molecule has 2 rings (SSSR count). The number of benzene rings is 1. The van der Waals surface area contributed by atoms with E-state index >= 15 is 0 Å². The number of amides is 1. The van der Waals surface area contributed by atoms with Crippen LogP contribution in [0.3, 0.4) is 0 Å². The zero-order valence-electron chi connectivity index (χ0n) is 13.1. The molecule has 0 aliphatic heterocycles. The Balaban J connectivity index is 2.10. The molecule has 0 spiro atoms.